The number of H-pyrrole nitrogens is 1. The number of piperazine rings is 1. The van der Waals surface area contributed by atoms with Crippen LogP contribution >= 0.6 is 0 Å². The minimum Gasteiger partial charge on any atom is -0.379 e. The minimum absolute atomic E-state index is 0.169. The molecule has 0 saturated carbocycles. The summed E-state index contributed by atoms with van der Waals surface area (Å²) in [4.78, 5) is 28.8. The van der Waals surface area contributed by atoms with Gasteiger partial charge in [-0.1, -0.05) is 24.3 Å². The number of aromatic nitrogens is 2. The van der Waals surface area contributed by atoms with Crippen molar-refractivity contribution in [3.05, 3.63) is 53.6 Å². The van der Waals surface area contributed by atoms with E-state index in [2.05, 4.69) is 46.4 Å². The van der Waals surface area contributed by atoms with Gasteiger partial charge in [-0.3, -0.25) is 9.89 Å². The van der Waals surface area contributed by atoms with Crippen molar-refractivity contribution in [2.45, 2.75) is 25.9 Å². The molecule has 3 aliphatic rings. The molecule has 192 valence electrons. The third-order valence-electron chi connectivity index (χ3n) is 7.30. The van der Waals surface area contributed by atoms with Gasteiger partial charge in [0, 0.05) is 55.1 Å². The molecule has 4 N–H and O–H groups in total. The molecular weight excluding hydrogens is 470 g/mol. The van der Waals surface area contributed by atoms with Gasteiger partial charge in [-0.25, -0.2) is 14.8 Å². The number of rotatable bonds is 4. The van der Waals surface area contributed by atoms with Crippen molar-refractivity contribution < 1.29 is 14.3 Å². The van der Waals surface area contributed by atoms with Crippen LogP contribution in [0.1, 0.15) is 29.8 Å². The van der Waals surface area contributed by atoms with E-state index in [0.717, 1.165) is 24.3 Å². The summed E-state index contributed by atoms with van der Waals surface area (Å²) in [5.74, 6) is -0.169. The maximum Gasteiger partial charge on any atom is 0.334 e. The molecule has 1 aliphatic carbocycles. The number of ether oxygens (including phenoxy) is 1. The normalized spacial score (nSPS) is 21.6. The number of carbonyl (C=O) groups excluding carboxylic acids is 2. The Morgan fingerprint density at radius 2 is 1.76 bits per heavy atom. The summed E-state index contributed by atoms with van der Waals surface area (Å²) in [6.45, 7) is 8.27. The smallest absolute Gasteiger partial charge is 0.334 e. The van der Waals surface area contributed by atoms with E-state index in [4.69, 9.17) is 10.5 Å². The lowest BCUT2D eigenvalue weighted by Gasteiger charge is -2.37. The van der Waals surface area contributed by atoms with Gasteiger partial charge in [-0.05, 0) is 32.0 Å². The Morgan fingerprint density at radius 1 is 1.05 bits per heavy atom. The van der Waals surface area contributed by atoms with E-state index in [1.54, 1.807) is 6.07 Å². The monoisotopic (exact) mass is 501 g/mol. The van der Waals surface area contributed by atoms with E-state index in [0.29, 0.717) is 72.2 Å². The van der Waals surface area contributed by atoms with Gasteiger partial charge in [0.25, 0.3) is 0 Å². The zero-order chi connectivity index (χ0) is 25.7. The second-order valence-electron chi connectivity index (χ2n) is 9.99. The average molecular weight is 502 g/mol. The third kappa shape index (κ3) is 4.07. The van der Waals surface area contributed by atoms with Gasteiger partial charge >= 0.3 is 6.03 Å². The van der Waals surface area contributed by atoms with Crippen molar-refractivity contribution in [3.8, 4) is 22.5 Å². The number of hydrogen-bond donors (Lipinski definition) is 3. The van der Waals surface area contributed by atoms with Gasteiger partial charge in [0.2, 0.25) is 0 Å². The molecule has 6 rings (SSSR count). The Bertz CT molecular complexity index is 1340. The molecular formula is C27H31N7O3. The molecule has 10 nitrogen and oxygen atoms in total. The molecule has 0 unspecified atom stereocenters. The molecule has 37 heavy (non-hydrogen) atoms. The van der Waals surface area contributed by atoms with Crippen LogP contribution in [0, 0.1) is 0 Å². The highest BCUT2D eigenvalue weighted by molar-refractivity contribution is 6.27. The Kier molecular flexibility index (Phi) is 5.94. The number of nitrogens with one attached hydrogen (secondary N) is 2. The van der Waals surface area contributed by atoms with Gasteiger partial charge in [0.05, 0.1) is 35.7 Å². The molecule has 0 bridgehead atoms. The lowest BCUT2D eigenvalue weighted by Crippen LogP contribution is -2.54. The Balaban J connectivity index is 1.33. The SMILES string of the molecule is C[C@@H]1CN(c2ccc(-c3[nH]nc4c3C(=O)c3c-4cccc3N(C(N)=O)N3CCOCC3)cc2)C[C@H](C)N1. The lowest BCUT2D eigenvalue weighted by atomic mass is 10.0. The van der Waals surface area contributed by atoms with E-state index in [-0.39, 0.29) is 5.78 Å². The predicted octanol–water partition coefficient (Wildman–Crippen LogP) is 2.61. The first-order valence-electron chi connectivity index (χ1n) is 12.7. The predicted molar refractivity (Wildman–Crippen MR) is 142 cm³/mol. The molecule has 2 aliphatic heterocycles. The maximum absolute atomic E-state index is 13.9. The van der Waals surface area contributed by atoms with E-state index >= 15 is 0 Å². The molecule has 2 atom stereocenters. The molecule has 2 aromatic carbocycles. The number of primary amides is 1. The number of hydrazine groups is 1. The number of fused-ring (bicyclic) bond motifs is 3. The van der Waals surface area contributed by atoms with E-state index in [1.807, 2.05) is 29.3 Å². The highest BCUT2D eigenvalue weighted by Crippen LogP contribution is 2.44. The van der Waals surface area contributed by atoms with Crippen LogP contribution in [0.2, 0.25) is 0 Å². The molecule has 2 fully saturated rings. The number of nitrogens with zero attached hydrogens (tertiary/aromatic N) is 4. The standard InChI is InChI=1S/C27H31N7O3/c1-16-14-32(15-17(2)29-16)19-8-6-18(7-9-19)24-23-25(31-30-24)20-4-3-5-21(22(20)26(23)35)34(27(28)36)33-10-12-37-13-11-33/h3-9,16-17,29H,10-15H2,1-2H3,(H2,28,36)(H,30,31)/t16-,17+. The largest absolute Gasteiger partial charge is 0.379 e. The number of aromatic amines is 1. The first kappa shape index (κ1) is 23.7. The van der Waals surface area contributed by atoms with Gasteiger partial charge in [0.1, 0.15) is 5.69 Å². The number of ketones is 1. The number of morpholine rings is 1. The first-order valence-corrected chi connectivity index (χ1v) is 12.7. The second-order valence-corrected chi connectivity index (χ2v) is 9.99. The molecule has 0 spiro atoms. The van der Waals surface area contributed by atoms with Crippen LogP contribution in [-0.2, 0) is 4.74 Å². The Morgan fingerprint density at radius 3 is 2.43 bits per heavy atom. The third-order valence-corrected chi connectivity index (χ3v) is 7.30. The summed E-state index contributed by atoms with van der Waals surface area (Å²) in [7, 11) is 0. The first-order chi connectivity index (χ1) is 17.9. The lowest BCUT2D eigenvalue weighted by molar-refractivity contribution is 0.0364. The van der Waals surface area contributed by atoms with Gasteiger partial charge in [-0.2, -0.15) is 5.10 Å². The number of carbonyl (C=O) groups is 2. The van der Waals surface area contributed by atoms with Crippen molar-refractivity contribution >= 4 is 23.2 Å². The minimum atomic E-state index is -0.637. The van der Waals surface area contributed by atoms with Crippen LogP contribution in [-0.4, -0.2) is 78.5 Å². The molecule has 10 heteroatoms. The fraction of sp³-hybridized carbons (Fsp3) is 0.370. The van der Waals surface area contributed by atoms with Gasteiger partial charge in [-0.15, -0.1) is 0 Å². The summed E-state index contributed by atoms with van der Waals surface area (Å²) in [6.07, 6.45) is 0. The van der Waals surface area contributed by atoms with Crippen LogP contribution in [0.5, 0.6) is 0 Å². The van der Waals surface area contributed by atoms with Crippen molar-refractivity contribution in [2.75, 3.05) is 49.3 Å². The molecule has 2 saturated heterocycles. The van der Waals surface area contributed by atoms with Crippen molar-refractivity contribution in [3.63, 3.8) is 0 Å². The van der Waals surface area contributed by atoms with Crippen molar-refractivity contribution in [2.24, 2.45) is 5.73 Å². The van der Waals surface area contributed by atoms with Gasteiger partial charge < -0.3 is 20.7 Å². The summed E-state index contributed by atoms with van der Waals surface area (Å²) < 4.78 is 5.43. The topological polar surface area (TPSA) is 120 Å². The van der Waals surface area contributed by atoms with Crippen molar-refractivity contribution in [1.82, 2.24) is 20.5 Å². The van der Waals surface area contributed by atoms with Crippen LogP contribution in [0.4, 0.5) is 16.2 Å². The van der Waals surface area contributed by atoms with E-state index in [1.165, 1.54) is 5.01 Å². The summed E-state index contributed by atoms with van der Waals surface area (Å²) >= 11 is 0. The highest BCUT2D eigenvalue weighted by Gasteiger charge is 2.38. The number of nitrogens with two attached hydrogens (primary N) is 1. The van der Waals surface area contributed by atoms with Crippen LogP contribution < -0.4 is 21.0 Å². The molecule has 1 aromatic heterocycles. The molecule has 3 aromatic rings. The maximum atomic E-state index is 13.9. The van der Waals surface area contributed by atoms with Crippen LogP contribution in [0.25, 0.3) is 22.5 Å². The fourth-order valence-corrected chi connectivity index (χ4v) is 5.79. The Labute approximate surface area is 215 Å². The highest BCUT2D eigenvalue weighted by atomic mass is 16.5. The van der Waals surface area contributed by atoms with Crippen LogP contribution in [0.3, 0.4) is 0 Å². The zero-order valence-electron chi connectivity index (χ0n) is 21.0. The summed E-state index contributed by atoms with van der Waals surface area (Å²) in [6, 6.07) is 13.9. The quantitative estimate of drug-likeness (QED) is 0.393. The fourth-order valence-electron chi connectivity index (χ4n) is 5.79. The summed E-state index contributed by atoms with van der Waals surface area (Å²) in [5.41, 5.74) is 11.2. The van der Waals surface area contributed by atoms with E-state index in [9.17, 15) is 9.59 Å². The number of urea groups is 1. The average Bonchev–Trinajstić information content (AvgIpc) is 3.44. The second kappa shape index (κ2) is 9.29. The number of anilines is 2. The molecule has 3 heterocycles. The van der Waals surface area contributed by atoms with E-state index < -0.39 is 6.03 Å². The van der Waals surface area contributed by atoms with Gasteiger partial charge in [0.15, 0.2) is 5.78 Å². The zero-order valence-corrected chi connectivity index (χ0v) is 21.0. The number of amides is 2. The number of benzene rings is 2. The van der Waals surface area contributed by atoms with Crippen LogP contribution in [0.15, 0.2) is 42.5 Å². The van der Waals surface area contributed by atoms with Crippen molar-refractivity contribution in [1.29, 1.82) is 0 Å². The number of hydrogen-bond acceptors (Lipinski definition) is 7. The molecule has 2 amide bonds. The Hall–Kier alpha value is -3.73. The summed E-state index contributed by atoms with van der Waals surface area (Å²) in [5, 5.41) is 14.4. The molecule has 0 radical (unpaired) electrons.